The van der Waals surface area contributed by atoms with Gasteiger partial charge in [0.25, 0.3) is 0 Å². The average molecular weight is 254 g/mol. The van der Waals surface area contributed by atoms with E-state index in [4.69, 9.17) is 0 Å². The SMILES string of the molecule is CC(C)CCCCC(C=O)(C=O)CCCC(C)C. The van der Waals surface area contributed by atoms with Crippen molar-refractivity contribution in [1.82, 2.24) is 0 Å². The summed E-state index contributed by atoms with van der Waals surface area (Å²) in [5.41, 5.74) is -0.703. The van der Waals surface area contributed by atoms with Gasteiger partial charge in [0.15, 0.2) is 0 Å². The van der Waals surface area contributed by atoms with Crippen molar-refractivity contribution in [3.63, 3.8) is 0 Å². The van der Waals surface area contributed by atoms with Crippen LogP contribution < -0.4 is 0 Å². The molecule has 0 atom stereocenters. The molecule has 18 heavy (non-hydrogen) atoms. The van der Waals surface area contributed by atoms with Crippen molar-refractivity contribution >= 4 is 12.6 Å². The van der Waals surface area contributed by atoms with E-state index in [2.05, 4.69) is 27.7 Å². The Morgan fingerprint density at radius 1 is 0.778 bits per heavy atom. The maximum absolute atomic E-state index is 11.2. The van der Waals surface area contributed by atoms with Crippen LogP contribution in [0, 0.1) is 17.3 Å². The molecule has 0 radical (unpaired) electrons. The van der Waals surface area contributed by atoms with Gasteiger partial charge in [0.1, 0.15) is 12.6 Å². The molecule has 0 aliphatic rings. The van der Waals surface area contributed by atoms with Crippen LogP contribution in [0.5, 0.6) is 0 Å². The number of aldehydes is 2. The second-order valence-corrected chi connectivity index (χ2v) is 6.39. The third kappa shape index (κ3) is 7.62. The smallest absolute Gasteiger partial charge is 0.133 e. The van der Waals surface area contributed by atoms with Gasteiger partial charge in [-0.25, -0.2) is 0 Å². The van der Waals surface area contributed by atoms with Crippen molar-refractivity contribution in [3.05, 3.63) is 0 Å². The molecule has 0 saturated heterocycles. The zero-order chi connectivity index (χ0) is 14.0. The van der Waals surface area contributed by atoms with E-state index in [9.17, 15) is 9.59 Å². The highest BCUT2D eigenvalue weighted by atomic mass is 16.1. The third-order valence-corrected chi connectivity index (χ3v) is 3.57. The minimum absolute atomic E-state index is 0.641. The molecule has 2 heteroatoms. The number of carbonyl (C=O) groups is 2. The molecule has 0 saturated carbocycles. The molecule has 0 aromatic carbocycles. The molecule has 106 valence electrons. The zero-order valence-electron chi connectivity index (χ0n) is 12.6. The van der Waals surface area contributed by atoms with Crippen LogP contribution in [0.3, 0.4) is 0 Å². The Hall–Kier alpha value is -0.660. The monoisotopic (exact) mass is 254 g/mol. The first kappa shape index (κ1) is 17.3. The Labute approximate surface area is 113 Å². The lowest BCUT2D eigenvalue weighted by molar-refractivity contribution is -0.127. The van der Waals surface area contributed by atoms with Gasteiger partial charge in [-0.05, 0) is 24.7 Å². The number of unbranched alkanes of at least 4 members (excludes halogenated alkanes) is 1. The lowest BCUT2D eigenvalue weighted by Crippen LogP contribution is -2.24. The predicted molar refractivity (Wildman–Crippen MR) is 76.6 cm³/mol. The van der Waals surface area contributed by atoms with E-state index in [-0.39, 0.29) is 0 Å². The molecule has 0 amide bonds. The molecule has 0 rings (SSSR count). The summed E-state index contributed by atoms with van der Waals surface area (Å²) in [7, 11) is 0. The molecular formula is C16H30O2. The summed E-state index contributed by atoms with van der Waals surface area (Å²) in [4.78, 5) is 22.5. The van der Waals surface area contributed by atoms with Crippen LogP contribution in [-0.4, -0.2) is 12.6 Å². The summed E-state index contributed by atoms with van der Waals surface area (Å²) < 4.78 is 0. The predicted octanol–water partition coefficient (Wildman–Crippen LogP) is 4.41. The number of carbonyl (C=O) groups excluding carboxylic acids is 2. The number of hydrogen-bond acceptors (Lipinski definition) is 2. The van der Waals surface area contributed by atoms with Gasteiger partial charge < -0.3 is 9.59 Å². The molecule has 0 aliphatic heterocycles. The number of rotatable bonds is 11. The summed E-state index contributed by atoms with van der Waals surface area (Å²) in [5, 5.41) is 0. The minimum Gasteiger partial charge on any atom is -0.302 e. The van der Waals surface area contributed by atoms with Gasteiger partial charge in [0.2, 0.25) is 0 Å². The van der Waals surface area contributed by atoms with Crippen molar-refractivity contribution in [2.24, 2.45) is 17.3 Å². The topological polar surface area (TPSA) is 34.1 Å². The first-order valence-corrected chi connectivity index (χ1v) is 7.38. The van der Waals surface area contributed by atoms with Crippen molar-refractivity contribution in [3.8, 4) is 0 Å². The lowest BCUT2D eigenvalue weighted by Gasteiger charge is -2.22. The number of hydrogen-bond donors (Lipinski definition) is 0. The second-order valence-electron chi connectivity index (χ2n) is 6.39. The third-order valence-electron chi connectivity index (χ3n) is 3.57. The zero-order valence-corrected chi connectivity index (χ0v) is 12.6. The maximum atomic E-state index is 11.2. The van der Waals surface area contributed by atoms with Gasteiger partial charge in [0.05, 0.1) is 5.41 Å². The maximum Gasteiger partial charge on any atom is 0.133 e. The molecule has 0 N–H and O–H groups in total. The molecular weight excluding hydrogens is 224 g/mol. The summed E-state index contributed by atoms with van der Waals surface area (Å²) in [6.07, 6.45) is 8.56. The Bertz CT molecular complexity index is 223. The lowest BCUT2D eigenvalue weighted by atomic mass is 9.80. The van der Waals surface area contributed by atoms with Crippen LogP contribution in [0.4, 0.5) is 0 Å². The summed E-state index contributed by atoms with van der Waals surface area (Å²) in [6, 6.07) is 0. The van der Waals surface area contributed by atoms with Crippen LogP contribution in [0.25, 0.3) is 0 Å². The van der Waals surface area contributed by atoms with Crippen LogP contribution >= 0.6 is 0 Å². The van der Waals surface area contributed by atoms with Crippen molar-refractivity contribution in [2.45, 2.75) is 72.6 Å². The second kappa shape index (κ2) is 9.29. The van der Waals surface area contributed by atoms with Gasteiger partial charge in [0, 0.05) is 0 Å². The molecule has 0 bridgehead atoms. The molecule has 0 heterocycles. The minimum atomic E-state index is -0.703. The molecule has 0 unspecified atom stereocenters. The van der Waals surface area contributed by atoms with Gasteiger partial charge in [-0.3, -0.25) is 0 Å². The van der Waals surface area contributed by atoms with E-state index in [1.165, 1.54) is 6.42 Å². The Morgan fingerprint density at radius 3 is 1.67 bits per heavy atom. The highest BCUT2D eigenvalue weighted by Crippen LogP contribution is 2.28. The highest BCUT2D eigenvalue weighted by Gasteiger charge is 2.28. The quantitative estimate of drug-likeness (QED) is 0.311. The first-order chi connectivity index (χ1) is 8.45. The van der Waals surface area contributed by atoms with Crippen LogP contribution in [0.1, 0.15) is 72.6 Å². The Kier molecular flexibility index (Phi) is 8.95. The first-order valence-electron chi connectivity index (χ1n) is 7.38. The van der Waals surface area contributed by atoms with Crippen LogP contribution in [0.2, 0.25) is 0 Å². The summed E-state index contributed by atoms with van der Waals surface area (Å²) in [6.45, 7) is 8.75. The van der Waals surface area contributed by atoms with Crippen molar-refractivity contribution in [2.75, 3.05) is 0 Å². The highest BCUT2D eigenvalue weighted by molar-refractivity contribution is 5.83. The molecule has 0 aromatic heterocycles. The van der Waals surface area contributed by atoms with E-state index < -0.39 is 5.41 Å². The molecule has 0 aromatic rings. The summed E-state index contributed by atoms with van der Waals surface area (Å²) >= 11 is 0. The van der Waals surface area contributed by atoms with Gasteiger partial charge in [-0.2, -0.15) is 0 Å². The van der Waals surface area contributed by atoms with Crippen LogP contribution in [0.15, 0.2) is 0 Å². The van der Waals surface area contributed by atoms with Crippen molar-refractivity contribution < 1.29 is 9.59 Å². The van der Waals surface area contributed by atoms with E-state index >= 15 is 0 Å². The van der Waals surface area contributed by atoms with E-state index in [0.717, 1.165) is 51.1 Å². The molecule has 2 nitrogen and oxygen atoms in total. The molecule has 0 aliphatic carbocycles. The van der Waals surface area contributed by atoms with E-state index in [1.54, 1.807) is 0 Å². The van der Waals surface area contributed by atoms with E-state index in [1.807, 2.05) is 0 Å². The Balaban J connectivity index is 4.08. The fourth-order valence-corrected chi connectivity index (χ4v) is 2.23. The van der Waals surface area contributed by atoms with Crippen molar-refractivity contribution in [1.29, 1.82) is 0 Å². The normalized spacial score (nSPS) is 12.1. The average Bonchev–Trinajstić information content (AvgIpc) is 2.32. The standard InChI is InChI=1S/C16H30O2/c1-14(2)8-5-6-10-16(12-17,13-18)11-7-9-15(3)4/h12-15H,5-11H2,1-4H3. The molecule has 0 fully saturated rings. The Morgan fingerprint density at radius 2 is 1.22 bits per heavy atom. The van der Waals surface area contributed by atoms with Gasteiger partial charge in [-0.15, -0.1) is 0 Å². The van der Waals surface area contributed by atoms with Gasteiger partial charge in [-0.1, -0.05) is 59.8 Å². The van der Waals surface area contributed by atoms with Crippen LogP contribution in [-0.2, 0) is 9.59 Å². The largest absolute Gasteiger partial charge is 0.302 e. The molecule has 0 spiro atoms. The summed E-state index contributed by atoms with van der Waals surface area (Å²) in [5.74, 6) is 1.34. The fraction of sp³-hybridized carbons (Fsp3) is 0.875. The fourth-order valence-electron chi connectivity index (χ4n) is 2.23. The van der Waals surface area contributed by atoms with Gasteiger partial charge >= 0.3 is 0 Å². The van der Waals surface area contributed by atoms with E-state index in [0.29, 0.717) is 11.8 Å².